The van der Waals surface area contributed by atoms with Crippen LogP contribution in [0.25, 0.3) is 10.8 Å². The molecule has 27 heavy (non-hydrogen) atoms. The van der Waals surface area contributed by atoms with Gasteiger partial charge in [-0.05, 0) is 35.1 Å². The van der Waals surface area contributed by atoms with E-state index in [0.717, 1.165) is 38.4 Å². The molecule has 1 fully saturated rings. The maximum absolute atomic E-state index is 11.6. The third kappa shape index (κ3) is 5.57. The summed E-state index contributed by atoms with van der Waals surface area (Å²) in [6.07, 6.45) is 2.69. The first-order valence-electron chi connectivity index (χ1n) is 9.34. The van der Waals surface area contributed by atoms with Crippen molar-refractivity contribution in [2.24, 2.45) is 10.9 Å². The predicted octanol–water partition coefficient (Wildman–Crippen LogP) is 3.38. The molecule has 1 heterocycles. The Bertz CT molecular complexity index is 779. The van der Waals surface area contributed by atoms with E-state index in [1.165, 1.54) is 16.3 Å². The van der Waals surface area contributed by atoms with Crippen LogP contribution in [0.15, 0.2) is 47.5 Å². The minimum absolute atomic E-state index is 0. The van der Waals surface area contributed by atoms with Gasteiger partial charge in [-0.3, -0.25) is 9.79 Å². The van der Waals surface area contributed by atoms with Crippen LogP contribution in [0.5, 0.6) is 0 Å². The van der Waals surface area contributed by atoms with Gasteiger partial charge in [-0.2, -0.15) is 0 Å². The normalized spacial score (nSPS) is 15.3. The largest absolute Gasteiger partial charge is 0.359 e. The van der Waals surface area contributed by atoms with Crippen molar-refractivity contribution in [2.45, 2.75) is 25.8 Å². The molecule has 0 aromatic heterocycles. The third-order valence-corrected chi connectivity index (χ3v) is 5.20. The first kappa shape index (κ1) is 21.5. The van der Waals surface area contributed by atoms with Gasteiger partial charge >= 0.3 is 0 Å². The summed E-state index contributed by atoms with van der Waals surface area (Å²) in [5, 5.41) is 8.77. The average Bonchev–Trinajstić information content (AvgIpc) is 2.69. The zero-order valence-electron chi connectivity index (χ0n) is 16.1. The van der Waals surface area contributed by atoms with E-state index in [4.69, 9.17) is 0 Å². The highest BCUT2D eigenvalue weighted by atomic mass is 127. The van der Waals surface area contributed by atoms with Gasteiger partial charge in [0.15, 0.2) is 5.96 Å². The number of halogens is 1. The van der Waals surface area contributed by atoms with Gasteiger partial charge in [0.2, 0.25) is 5.91 Å². The van der Waals surface area contributed by atoms with Crippen LogP contribution in [0.4, 0.5) is 0 Å². The number of amides is 1. The molecule has 1 aliphatic rings. The molecule has 0 bridgehead atoms. The monoisotopic (exact) mass is 480 g/mol. The van der Waals surface area contributed by atoms with Crippen molar-refractivity contribution in [3.63, 3.8) is 0 Å². The SMILES string of the molecule is CN=C(NCc1cccc2ccccc12)N1CCC(CC(=O)NC)CC1.I. The molecule has 0 aliphatic carbocycles. The number of carbonyl (C=O) groups is 1. The first-order valence-corrected chi connectivity index (χ1v) is 9.34. The molecule has 2 aromatic rings. The predicted molar refractivity (Wildman–Crippen MR) is 123 cm³/mol. The quantitative estimate of drug-likeness (QED) is 0.401. The number of piperidine rings is 1. The summed E-state index contributed by atoms with van der Waals surface area (Å²) >= 11 is 0. The van der Waals surface area contributed by atoms with Crippen molar-refractivity contribution in [2.75, 3.05) is 27.2 Å². The van der Waals surface area contributed by atoms with Gasteiger partial charge in [0.25, 0.3) is 0 Å². The van der Waals surface area contributed by atoms with E-state index in [0.29, 0.717) is 12.3 Å². The molecular formula is C21H29IN4O. The zero-order valence-corrected chi connectivity index (χ0v) is 18.4. The molecule has 146 valence electrons. The van der Waals surface area contributed by atoms with E-state index in [1.54, 1.807) is 7.05 Å². The number of nitrogens with one attached hydrogen (secondary N) is 2. The Morgan fingerprint density at radius 3 is 2.56 bits per heavy atom. The number of carbonyl (C=O) groups excluding carboxylic acids is 1. The molecule has 3 rings (SSSR count). The lowest BCUT2D eigenvalue weighted by Crippen LogP contribution is -2.45. The van der Waals surface area contributed by atoms with E-state index >= 15 is 0 Å². The van der Waals surface area contributed by atoms with Crippen molar-refractivity contribution >= 4 is 46.6 Å². The molecule has 5 nitrogen and oxygen atoms in total. The molecule has 0 unspecified atom stereocenters. The van der Waals surface area contributed by atoms with Crippen molar-refractivity contribution in [1.82, 2.24) is 15.5 Å². The van der Waals surface area contributed by atoms with Crippen LogP contribution in [0.2, 0.25) is 0 Å². The Labute approximate surface area is 178 Å². The van der Waals surface area contributed by atoms with Gasteiger partial charge in [-0.25, -0.2) is 0 Å². The van der Waals surface area contributed by atoms with Crippen LogP contribution in [-0.2, 0) is 11.3 Å². The smallest absolute Gasteiger partial charge is 0.220 e. The molecule has 1 aliphatic heterocycles. The molecule has 6 heteroatoms. The lowest BCUT2D eigenvalue weighted by molar-refractivity contribution is -0.121. The zero-order chi connectivity index (χ0) is 18.4. The van der Waals surface area contributed by atoms with Crippen LogP contribution in [-0.4, -0.2) is 44.0 Å². The third-order valence-electron chi connectivity index (χ3n) is 5.20. The van der Waals surface area contributed by atoms with E-state index in [1.807, 2.05) is 7.05 Å². The van der Waals surface area contributed by atoms with E-state index in [2.05, 4.69) is 63.0 Å². The molecular weight excluding hydrogens is 451 g/mol. The Balaban J connectivity index is 0.00000261. The highest BCUT2D eigenvalue weighted by Gasteiger charge is 2.23. The fourth-order valence-electron chi connectivity index (χ4n) is 3.67. The number of rotatable bonds is 4. The van der Waals surface area contributed by atoms with Crippen LogP contribution in [0.1, 0.15) is 24.8 Å². The second-order valence-corrected chi connectivity index (χ2v) is 6.85. The van der Waals surface area contributed by atoms with Gasteiger partial charge in [-0.1, -0.05) is 42.5 Å². The summed E-state index contributed by atoms with van der Waals surface area (Å²) < 4.78 is 0. The Kier molecular flexibility index (Phi) is 8.34. The molecule has 1 amide bonds. The summed E-state index contributed by atoms with van der Waals surface area (Å²) in [5.74, 6) is 1.56. The number of benzene rings is 2. The van der Waals surface area contributed by atoms with Crippen molar-refractivity contribution in [3.05, 3.63) is 48.0 Å². The minimum atomic E-state index is 0. The topological polar surface area (TPSA) is 56.7 Å². The number of hydrogen-bond donors (Lipinski definition) is 2. The lowest BCUT2D eigenvalue weighted by Gasteiger charge is -2.34. The molecule has 0 spiro atoms. The number of likely N-dealkylation sites (tertiary alicyclic amines) is 1. The molecule has 2 N–H and O–H groups in total. The second-order valence-electron chi connectivity index (χ2n) is 6.85. The summed E-state index contributed by atoms with van der Waals surface area (Å²) in [6.45, 7) is 2.64. The van der Waals surface area contributed by atoms with E-state index in [9.17, 15) is 4.79 Å². The molecule has 0 saturated carbocycles. The van der Waals surface area contributed by atoms with Crippen LogP contribution < -0.4 is 10.6 Å². The number of guanidine groups is 1. The molecule has 2 aromatic carbocycles. The van der Waals surface area contributed by atoms with Gasteiger partial charge < -0.3 is 15.5 Å². The summed E-state index contributed by atoms with van der Waals surface area (Å²) in [6, 6.07) is 14.9. The highest BCUT2D eigenvalue weighted by molar-refractivity contribution is 14.0. The van der Waals surface area contributed by atoms with Crippen LogP contribution >= 0.6 is 24.0 Å². The number of aliphatic imine (C=N–C) groups is 1. The van der Waals surface area contributed by atoms with Crippen LogP contribution in [0, 0.1) is 5.92 Å². The van der Waals surface area contributed by atoms with Gasteiger partial charge in [0.1, 0.15) is 0 Å². The summed E-state index contributed by atoms with van der Waals surface area (Å²) in [4.78, 5) is 18.3. The Morgan fingerprint density at radius 1 is 1.15 bits per heavy atom. The lowest BCUT2D eigenvalue weighted by atomic mass is 9.93. The van der Waals surface area contributed by atoms with E-state index < -0.39 is 0 Å². The molecule has 1 saturated heterocycles. The maximum atomic E-state index is 11.6. The first-order chi connectivity index (χ1) is 12.7. The van der Waals surface area contributed by atoms with Gasteiger partial charge in [-0.15, -0.1) is 24.0 Å². The number of hydrogen-bond acceptors (Lipinski definition) is 2. The highest BCUT2D eigenvalue weighted by Crippen LogP contribution is 2.21. The van der Waals surface area contributed by atoms with Crippen molar-refractivity contribution in [1.29, 1.82) is 0 Å². The van der Waals surface area contributed by atoms with Gasteiger partial charge in [0.05, 0.1) is 0 Å². The van der Waals surface area contributed by atoms with Crippen molar-refractivity contribution < 1.29 is 4.79 Å². The van der Waals surface area contributed by atoms with Crippen molar-refractivity contribution in [3.8, 4) is 0 Å². The van der Waals surface area contributed by atoms with Crippen LogP contribution in [0.3, 0.4) is 0 Å². The Hall–Kier alpha value is -1.83. The second kappa shape index (κ2) is 10.5. The number of nitrogens with zero attached hydrogens (tertiary/aromatic N) is 2. The minimum Gasteiger partial charge on any atom is -0.359 e. The summed E-state index contributed by atoms with van der Waals surface area (Å²) in [5.41, 5.74) is 1.28. The van der Waals surface area contributed by atoms with Gasteiger partial charge in [0, 0.05) is 40.2 Å². The summed E-state index contributed by atoms with van der Waals surface area (Å²) in [7, 11) is 3.54. The fourth-order valence-corrected chi connectivity index (χ4v) is 3.67. The average molecular weight is 480 g/mol. The standard InChI is InChI=1S/C21H28N4O.HI/c1-22-20(26)14-16-10-12-25(13-11-16)21(23-2)24-15-18-8-5-7-17-6-3-4-9-19(17)18;/h3-9,16H,10-15H2,1-2H3,(H,22,26)(H,23,24);1H. The molecule has 0 radical (unpaired) electrons. The maximum Gasteiger partial charge on any atom is 0.220 e. The molecule has 0 atom stereocenters. The van der Waals surface area contributed by atoms with E-state index in [-0.39, 0.29) is 29.9 Å². The number of fused-ring (bicyclic) bond motifs is 1. The fraction of sp³-hybridized carbons (Fsp3) is 0.429. The Morgan fingerprint density at radius 2 is 1.85 bits per heavy atom.